The van der Waals surface area contributed by atoms with Gasteiger partial charge < -0.3 is 4.90 Å². The molecule has 4 nitrogen and oxygen atoms in total. The van der Waals surface area contributed by atoms with Crippen LogP contribution in [0.4, 0.5) is 5.13 Å². The molecule has 3 aromatic rings. The van der Waals surface area contributed by atoms with Crippen molar-refractivity contribution in [3.63, 3.8) is 0 Å². The number of fused-ring (bicyclic) bond motifs is 1. The van der Waals surface area contributed by atoms with Gasteiger partial charge >= 0.3 is 0 Å². The minimum atomic E-state index is 0.125. The van der Waals surface area contributed by atoms with Gasteiger partial charge in [-0.25, -0.2) is 4.98 Å². The summed E-state index contributed by atoms with van der Waals surface area (Å²) < 4.78 is 1.17. The minimum Gasteiger partial charge on any atom is -0.309 e. The Bertz CT molecular complexity index is 884. The van der Waals surface area contributed by atoms with E-state index in [1.165, 1.54) is 15.8 Å². The third-order valence-electron chi connectivity index (χ3n) is 4.23. The fourth-order valence-corrected chi connectivity index (χ4v) is 4.76. The monoisotopic (exact) mass is 387 g/mol. The fourth-order valence-electron chi connectivity index (χ4n) is 3.01. The molecule has 0 aliphatic heterocycles. The Balaban J connectivity index is 1.88. The first-order valence-corrected chi connectivity index (χ1v) is 10.5. The van der Waals surface area contributed by atoms with E-state index >= 15 is 0 Å². The first-order chi connectivity index (χ1) is 12.4. The van der Waals surface area contributed by atoms with Gasteiger partial charge in [0.1, 0.15) is 0 Å². The Morgan fingerprint density at radius 3 is 2.69 bits per heavy atom. The third kappa shape index (κ3) is 4.50. The van der Waals surface area contributed by atoms with Crippen molar-refractivity contribution < 1.29 is 4.79 Å². The summed E-state index contributed by atoms with van der Waals surface area (Å²) in [6.45, 7) is 5.84. The molecule has 0 spiro atoms. The number of thiophene rings is 1. The average molecular weight is 388 g/mol. The largest absolute Gasteiger partial charge is 0.309 e. The SMILES string of the molecule is Cc1cc(C)c2sc(N(CCCN(C)C)C(=O)Cc3cccs3)nc2c1. The molecular weight excluding hydrogens is 362 g/mol. The van der Waals surface area contributed by atoms with Gasteiger partial charge in [0.2, 0.25) is 5.91 Å². The zero-order valence-corrected chi connectivity index (χ0v) is 17.4. The minimum absolute atomic E-state index is 0.125. The van der Waals surface area contributed by atoms with Crippen molar-refractivity contribution in [3.05, 3.63) is 45.6 Å². The number of rotatable bonds is 7. The van der Waals surface area contributed by atoms with Crippen LogP contribution in [0, 0.1) is 13.8 Å². The van der Waals surface area contributed by atoms with E-state index in [0.717, 1.165) is 28.5 Å². The van der Waals surface area contributed by atoms with Crippen LogP contribution in [0.3, 0.4) is 0 Å². The Labute approximate surface area is 163 Å². The van der Waals surface area contributed by atoms with Crippen molar-refractivity contribution >= 4 is 43.9 Å². The van der Waals surface area contributed by atoms with Crippen LogP contribution < -0.4 is 4.90 Å². The Kier molecular flexibility index (Phi) is 6.06. The maximum absolute atomic E-state index is 13.0. The van der Waals surface area contributed by atoms with E-state index in [-0.39, 0.29) is 5.91 Å². The number of benzene rings is 1. The zero-order valence-electron chi connectivity index (χ0n) is 15.8. The number of amides is 1. The van der Waals surface area contributed by atoms with E-state index in [0.29, 0.717) is 13.0 Å². The first kappa shape index (κ1) is 19.0. The van der Waals surface area contributed by atoms with Crippen molar-refractivity contribution in [1.29, 1.82) is 0 Å². The summed E-state index contributed by atoms with van der Waals surface area (Å²) in [6.07, 6.45) is 1.37. The molecule has 0 aliphatic carbocycles. The molecule has 138 valence electrons. The van der Waals surface area contributed by atoms with Crippen LogP contribution in [0.2, 0.25) is 0 Å². The van der Waals surface area contributed by atoms with Gasteiger partial charge in [-0.3, -0.25) is 9.69 Å². The lowest BCUT2D eigenvalue weighted by Gasteiger charge is -2.20. The predicted molar refractivity (Wildman–Crippen MR) is 113 cm³/mol. The summed E-state index contributed by atoms with van der Waals surface area (Å²) in [6, 6.07) is 8.29. The van der Waals surface area contributed by atoms with Crippen molar-refractivity contribution in [3.8, 4) is 0 Å². The summed E-state index contributed by atoms with van der Waals surface area (Å²) in [5.41, 5.74) is 3.42. The highest BCUT2D eigenvalue weighted by molar-refractivity contribution is 7.22. The van der Waals surface area contributed by atoms with E-state index in [4.69, 9.17) is 4.98 Å². The Morgan fingerprint density at radius 1 is 1.19 bits per heavy atom. The molecule has 2 aromatic heterocycles. The number of aryl methyl sites for hydroxylation is 2. The molecule has 0 saturated heterocycles. The van der Waals surface area contributed by atoms with Crippen molar-refractivity contribution in [1.82, 2.24) is 9.88 Å². The van der Waals surface area contributed by atoms with Crippen molar-refractivity contribution in [2.24, 2.45) is 0 Å². The van der Waals surface area contributed by atoms with E-state index in [1.54, 1.807) is 22.7 Å². The van der Waals surface area contributed by atoms with E-state index in [1.807, 2.05) is 22.4 Å². The molecule has 0 aliphatic rings. The number of anilines is 1. The summed E-state index contributed by atoms with van der Waals surface area (Å²) in [5.74, 6) is 0.125. The van der Waals surface area contributed by atoms with Crippen LogP contribution in [0.1, 0.15) is 22.4 Å². The molecule has 0 N–H and O–H groups in total. The van der Waals surface area contributed by atoms with Crippen molar-refractivity contribution in [2.75, 3.05) is 32.1 Å². The number of hydrogen-bond donors (Lipinski definition) is 0. The number of nitrogens with zero attached hydrogens (tertiary/aromatic N) is 3. The second-order valence-corrected chi connectivity index (χ2v) is 8.89. The van der Waals surface area contributed by atoms with Crippen LogP contribution in [-0.2, 0) is 11.2 Å². The highest BCUT2D eigenvalue weighted by Gasteiger charge is 2.21. The van der Waals surface area contributed by atoms with Gasteiger partial charge in [-0.05, 0) is 69.5 Å². The molecular formula is C20H25N3OS2. The number of carbonyl (C=O) groups excluding carboxylic acids is 1. The van der Waals surface area contributed by atoms with Crippen molar-refractivity contribution in [2.45, 2.75) is 26.7 Å². The summed E-state index contributed by atoms with van der Waals surface area (Å²) in [5, 5.41) is 2.83. The normalized spacial score (nSPS) is 11.4. The smallest absolute Gasteiger partial charge is 0.234 e. The summed E-state index contributed by atoms with van der Waals surface area (Å²) in [4.78, 5) is 22.9. The second kappa shape index (κ2) is 8.29. The lowest BCUT2D eigenvalue weighted by molar-refractivity contribution is -0.118. The lowest BCUT2D eigenvalue weighted by Crippen LogP contribution is -2.34. The number of thiazole rings is 1. The van der Waals surface area contributed by atoms with Gasteiger partial charge in [0.15, 0.2) is 5.13 Å². The maximum Gasteiger partial charge on any atom is 0.234 e. The fraction of sp³-hybridized carbons (Fsp3) is 0.400. The zero-order chi connectivity index (χ0) is 18.7. The van der Waals surface area contributed by atoms with Gasteiger partial charge in [0.25, 0.3) is 0 Å². The van der Waals surface area contributed by atoms with Gasteiger partial charge in [-0.2, -0.15) is 0 Å². The van der Waals surface area contributed by atoms with E-state index < -0.39 is 0 Å². The maximum atomic E-state index is 13.0. The van der Waals surface area contributed by atoms with Gasteiger partial charge in [-0.1, -0.05) is 23.5 Å². The molecule has 1 aromatic carbocycles. The predicted octanol–water partition coefficient (Wildman–Crippen LogP) is 4.50. The molecule has 0 atom stereocenters. The highest BCUT2D eigenvalue weighted by atomic mass is 32.1. The molecule has 0 bridgehead atoms. The van der Waals surface area contributed by atoms with Crippen LogP contribution in [0.5, 0.6) is 0 Å². The molecule has 0 saturated carbocycles. The molecule has 0 fully saturated rings. The summed E-state index contributed by atoms with van der Waals surface area (Å²) in [7, 11) is 4.11. The Morgan fingerprint density at radius 2 is 2.00 bits per heavy atom. The van der Waals surface area contributed by atoms with Crippen LogP contribution in [-0.4, -0.2) is 43.0 Å². The Hall–Kier alpha value is -1.76. The molecule has 3 rings (SSSR count). The van der Waals surface area contributed by atoms with Crippen LogP contribution >= 0.6 is 22.7 Å². The second-order valence-electron chi connectivity index (χ2n) is 6.88. The van der Waals surface area contributed by atoms with E-state index in [9.17, 15) is 4.79 Å². The van der Waals surface area contributed by atoms with E-state index in [2.05, 4.69) is 45.0 Å². The molecule has 1 amide bonds. The number of carbonyl (C=O) groups is 1. The lowest BCUT2D eigenvalue weighted by atomic mass is 10.1. The third-order valence-corrected chi connectivity index (χ3v) is 6.34. The summed E-state index contributed by atoms with van der Waals surface area (Å²) >= 11 is 3.25. The van der Waals surface area contributed by atoms with Gasteiger partial charge in [0.05, 0.1) is 16.6 Å². The van der Waals surface area contributed by atoms with Gasteiger partial charge in [-0.15, -0.1) is 11.3 Å². The first-order valence-electron chi connectivity index (χ1n) is 8.79. The molecule has 6 heteroatoms. The van der Waals surface area contributed by atoms with Gasteiger partial charge in [0, 0.05) is 11.4 Å². The number of aromatic nitrogens is 1. The number of hydrogen-bond acceptors (Lipinski definition) is 5. The van der Waals surface area contributed by atoms with Crippen LogP contribution in [0.15, 0.2) is 29.6 Å². The molecule has 0 radical (unpaired) electrons. The topological polar surface area (TPSA) is 36.4 Å². The van der Waals surface area contributed by atoms with Crippen LogP contribution in [0.25, 0.3) is 10.2 Å². The average Bonchev–Trinajstić information content (AvgIpc) is 3.20. The molecule has 26 heavy (non-hydrogen) atoms. The highest BCUT2D eigenvalue weighted by Crippen LogP contribution is 2.32. The molecule has 2 heterocycles. The quantitative estimate of drug-likeness (QED) is 0.599. The molecule has 0 unspecified atom stereocenters. The standard InChI is InChI=1S/C20H25N3OS2/c1-14-11-15(2)19-17(12-14)21-20(26-19)23(9-6-8-22(3)4)18(24)13-16-7-5-10-25-16/h5,7,10-12H,6,8-9,13H2,1-4H3.